The van der Waals surface area contributed by atoms with Crippen LogP contribution < -0.4 is 11.1 Å². The zero-order valence-electron chi connectivity index (χ0n) is 15.7. The highest BCUT2D eigenvalue weighted by molar-refractivity contribution is 6.24. The van der Waals surface area contributed by atoms with Gasteiger partial charge in [-0.25, -0.2) is 4.79 Å². The van der Waals surface area contributed by atoms with Crippen molar-refractivity contribution in [3.05, 3.63) is 95.1 Å². The number of carboxylic acid groups (broad SMARTS) is 1. The molecule has 4 rings (SSSR count). The first kappa shape index (κ1) is 19.1. The van der Waals surface area contributed by atoms with Crippen LogP contribution in [0.15, 0.2) is 77.8 Å². The highest BCUT2D eigenvalue weighted by atomic mass is 16.4. The quantitative estimate of drug-likeness (QED) is 0.570. The Morgan fingerprint density at radius 3 is 2.20 bits per heavy atom. The zero-order valence-corrected chi connectivity index (χ0v) is 15.7. The fourth-order valence-electron chi connectivity index (χ4n) is 3.41. The molecule has 1 heterocycles. The largest absolute Gasteiger partial charge is 0.478 e. The van der Waals surface area contributed by atoms with Gasteiger partial charge in [0.2, 0.25) is 11.8 Å². The van der Waals surface area contributed by atoms with Crippen molar-refractivity contribution in [2.45, 2.75) is 5.92 Å². The highest BCUT2D eigenvalue weighted by Crippen LogP contribution is 2.36. The van der Waals surface area contributed by atoms with Gasteiger partial charge in [-0.2, -0.15) is 0 Å². The molecule has 0 aromatic heterocycles. The van der Waals surface area contributed by atoms with Crippen LogP contribution >= 0.6 is 0 Å². The molecule has 0 radical (unpaired) electrons. The van der Waals surface area contributed by atoms with E-state index in [0.717, 1.165) is 5.56 Å². The Morgan fingerprint density at radius 1 is 0.900 bits per heavy atom. The minimum absolute atomic E-state index is 0.151. The number of amides is 2. The highest BCUT2D eigenvalue weighted by Gasteiger charge is 2.35. The molecule has 1 atom stereocenters. The van der Waals surface area contributed by atoms with Gasteiger partial charge in [-0.05, 0) is 47.5 Å². The average Bonchev–Trinajstić information content (AvgIpc) is 3.07. The Morgan fingerprint density at radius 2 is 1.57 bits per heavy atom. The third-order valence-electron chi connectivity index (χ3n) is 4.88. The van der Waals surface area contributed by atoms with Crippen molar-refractivity contribution in [3.8, 4) is 0 Å². The molecular formula is C23H17N3O4. The van der Waals surface area contributed by atoms with Gasteiger partial charge in [0.15, 0.2) is 0 Å². The maximum Gasteiger partial charge on any atom is 0.335 e. The van der Waals surface area contributed by atoms with Crippen LogP contribution in [0.1, 0.15) is 37.8 Å². The van der Waals surface area contributed by atoms with Gasteiger partial charge in [0, 0.05) is 11.3 Å². The predicted octanol–water partition coefficient (Wildman–Crippen LogP) is 3.34. The molecule has 2 amide bonds. The number of carboxylic acids is 1. The average molecular weight is 399 g/mol. The van der Waals surface area contributed by atoms with Crippen molar-refractivity contribution < 1.29 is 19.5 Å². The summed E-state index contributed by atoms with van der Waals surface area (Å²) < 4.78 is 0. The van der Waals surface area contributed by atoms with Crippen LogP contribution in [0, 0.1) is 0 Å². The lowest BCUT2D eigenvalue weighted by molar-refractivity contribution is -0.115. The number of anilines is 1. The fraction of sp³-hybridized carbons (Fsp3) is 0.0435. The van der Waals surface area contributed by atoms with Crippen molar-refractivity contribution in [2.75, 3.05) is 5.32 Å². The van der Waals surface area contributed by atoms with Crippen LogP contribution in [0.4, 0.5) is 11.4 Å². The van der Waals surface area contributed by atoms with Gasteiger partial charge in [0.1, 0.15) is 5.92 Å². The van der Waals surface area contributed by atoms with Crippen LogP contribution in [-0.4, -0.2) is 28.6 Å². The first-order chi connectivity index (χ1) is 14.4. The number of aliphatic imine (C=N–C) groups is 1. The number of hydrogen-bond donors (Lipinski definition) is 3. The molecule has 0 fully saturated rings. The molecule has 0 bridgehead atoms. The van der Waals surface area contributed by atoms with E-state index in [9.17, 15) is 14.4 Å². The molecule has 1 aliphatic heterocycles. The second kappa shape index (κ2) is 7.63. The normalized spacial score (nSPS) is 15.4. The van der Waals surface area contributed by atoms with E-state index in [2.05, 4.69) is 10.3 Å². The summed E-state index contributed by atoms with van der Waals surface area (Å²) in [5.74, 6) is -2.56. The molecule has 7 nitrogen and oxygen atoms in total. The number of nitrogens with one attached hydrogen (secondary N) is 1. The number of nitrogens with two attached hydrogens (primary N) is 1. The molecule has 7 heteroatoms. The molecule has 30 heavy (non-hydrogen) atoms. The predicted molar refractivity (Wildman–Crippen MR) is 112 cm³/mol. The Kier molecular flexibility index (Phi) is 4.85. The molecule has 0 saturated carbocycles. The summed E-state index contributed by atoms with van der Waals surface area (Å²) >= 11 is 0. The van der Waals surface area contributed by atoms with E-state index in [0.29, 0.717) is 28.2 Å². The van der Waals surface area contributed by atoms with Gasteiger partial charge >= 0.3 is 5.97 Å². The van der Waals surface area contributed by atoms with Crippen molar-refractivity contribution >= 4 is 34.9 Å². The molecule has 3 aromatic rings. The summed E-state index contributed by atoms with van der Waals surface area (Å²) in [7, 11) is 0. The molecule has 0 aliphatic carbocycles. The van der Waals surface area contributed by atoms with Crippen molar-refractivity contribution in [3.63, 3.8) is 0 Å². The number of carbonyl (C=O) groups excluding carboxylic acids is 2. The molecule has 3 aromatic carbocycles. The van der Waals surface area contributed by atoms with Gasteiger partial charge in [-0.1, -0.05) is 36.4 Å². The topological polar surface area (TPSA) is 122 Å². The molecule has 1 aliphatic rings. The van der Waals surface area contributed by atoms with Crippen LogP contribution in [0.3, 0.4) is 0 Å². The summed E-state index contributed by atoms with van der Waals surface area (Å²) in [6.45, 7) is 0. The van der Waals surface area contributed by atoms with Gasteiger partial charge in [-0.15, -0.1) is 0 Å². The minimum Gasteiger partial charge on any atom is -0.478 e. The van der Waals surface area contributed by atoms with Crippen LogP contribution in [0.5, 0.6) is 0 Å². The van der Waals surface area contributed by atoms with E-state index < -0.39 is 17.8 Å². The minimum atomic E-state index is -1.02. The van der Waals surface area contributed by atoms with E-state index in [1.807, 2.05) is 30.3 Å². The third kappa shape index (κ3) is 3.56. The van der Waals surface area contributed by atoms with Crippen molar-refractivity contribution in [1.82, 2.24) is 0 Å². The Bertz CT molecular complexity index is 1180. The first-order valence-electron chi connectivity index (χ1n) is 9.16. The number of fused-ring (bicyclic) bond motifs is 1. The Labute approximate surface area is 171 Å². The lowest BCUT2D eigenvalue weighted by atomic mass is 9.90. The summed E-state index contributed by atoms with van der Waals surface area (Å²) in [5.41, 5.74) is 8.80. The van der Waals surface area contributed by atoms with E-state index >= 15 is 0 Å². The van der Waals surface area contributed by atoms with E-state index in [1.165, 1.54) is 12.1 Å². The third-order valence-corrected chi connectivity index (χ3v) is 4.88. The van der Waals surface area contributed by atoms with Gasteiger partial charge in [0.05, 0.1) is 17.0 Å². The fourth-order valence-corrected chi connectivity index (χ4v) is 3.41. The summed E-state index contributed by atoms with van der Waals surface area (Å²) in [4.78, 5) is 40.1. The van der Waals surface area contributed by atoms with Crippen LogP contribution in [0.25, 0.3) is 0 Å². The van der Waals surface area contributed by atoms with Gasteiger partial charge in [-0.3, -0.25) is 14.6 Å². The Hall–Kier alpha value is -4.26. The summed E-state index contributed by atoms with van der Waals surface area (Å²) in [6.07, 6.45) is 0. The number of benzene rings is 3. The molecule has 0 saturated heterocycles. The lowest BCUT2D eigenvalue weighted by Gasteiger charge is -2.14. The molecule has 0 spiro atoms. The number of carbonyl (C=O) groups is 3. The van der Waals surface area contributed by atoms with Gasteiger partial charge in [0.25, 0.3) is 0 Å². The van der Waals surface area contributed by atoms with Crippen LogP contribution in [0.2, 0.25) is 0 Å². The summed E-state index contributed by atoms with van der Waals surface area (Å²) in [6, 6.07) is 20.2. The van der Waals surface area contributed by atoms with Crippen LogP contribution in [-0.2, 0) is 4.79 Å². The van der Waals surface area contributed by atoms with E-state index in [1.54, 1.807) is 30.3 Å². The zero-order chi connectivity index (χ0) is 21.3. The maximum absolute atomic E-state index is 12.9. The lowest BCUT2D eigenvalue weighted by Crippen LogP contribution is -2.21. The second-order valence-electron chi connectivity index (χ2n) is 6.80. The van der Waals surface area contributed by atoms with Crippen molar-refractivity contribution in [2.24, 2.45) is 10.7 Å². The monoisotopic (exact) mass is 399 g/mol. The number of primary amides is 1. The number of nitrogens with zero attached hydrogens (tertiary/aromatic N) is 1. The summed E-state index contributed by atoms with van der Waals surface area (Å²) in [5, 5.41) is 11.9. The number of rotatable bonds is 5. The first-order valence-corrected chi connectivity index (χ1v) is 9.16. The second-order valence-corrected chi connectivity index (χ2v) is 6.80. The number of aromatic carboxylic acids is 1. The maximum atomic E-state index is 12.9. The van der Waals surface area contributed by atoms with E-state index in [-0.39, 0.29) is 11.5 Å². The standard InChI is InChI=1S/C23H17N3O4/c24-21(27)15-8-11-17-18(12-15)26-22(28)19(17)20(13-4-2-1-3-5-13)25-16-9-6-14(7-10-16)23(29)30/h1-12,19H,(H2,24,27)(H,26,28)(H,29,30). The SMILES string of the molecule is NC(=O)c1ccc2c(c1)NC(=O)C2C(=Nc1ccc(C(=O)O)cc1)c1ccccc1. The smallest absolute Gasteiger partial charge is 0.335 e. The van der Waals surface area contributed by atoms with E-state index in [4.69, 9.17) is 10.8 Å². The molecule has 148 valence electrons. The molecular weight excluding hydrogens is 382 g/mol. The molecule has 4 N–H and O–H groups in total. The van der Waals surface area contributed by atoms with Crippen molar-refractivity contribution in [1.29, 1.82) is 0 Å². The Balaban J connectivity index is 1.83. The molecule has 1 unspecified atom stereocenters. The number of hydrogen-bond acceptors (Lipinski definition) is 4. The van der Waals surface area contributed by atoms with Gasteiger partial charge < -0.3 is 16.2 Å².